The Morgan fingerprint density at radius 3 is 2.94 bits per heavy atom. The molecule has 0 spiro atoms. The van der Waals surface area contributed by atoms with Crippen molar-refractivity contribution in [2.75, 3.05) is 6.54 Å². The minimum atomic E-state index is -0.427. The minimum absolute atomic E-state index is 0.130. The molecule has 0 unspecified atom stereocenters. The number of hydrogen-bond acceptors (Lipinski definition) is 2. The van der Waals surface area contributed by atoms with Gasteiger partial charge in [-0.3, -0.25) is 4.79 Å². The first-order valence-electron chi connectivity index (χ1n) is 4.94. The van der Waals surface area contributed by atoms with Crippen LogP contribution in [0.5, 0.6) is 0 Å². The summed E-state index contributed by atoms with van der Waals surface area (Å²) in [6, 6.07) is 4.81. The van der Waals surface area contributed by atoms with Gasteiger partial charge in [-0.05, 0) is 0 Å². The molecule has 0 saturated carbocycles. The molecule has 4 heteroatoms. The van der Waals surface area contributed by atoms with Crippen LogP contribution in [0.4, 0.5) is 4.39 Å². The van der Waals surface area contributed by atoms with E-state index in [-0.39, 0.29) is 18.1 Å². The van der Waals surface area contributed by atoms with E-state index in [1.807, 2.05) is 0 Å². The van der Waals surface area contributed by atoms with E-state index in [0.29, 0.717) is 12.1 Å². The van der Waals surface area contributed by atoms with Gasteiger partial charge in [0.15, 0.2) is 0 Å². The molecule has 1 aromatic rings. The zero-order chi connectivity index (χ0) is 12.0. The number of carbonyl (C=O) groups is 1. The number of amides is 1. The quantitative estimate of drug-likeness (QED) is 0.812. The lowest BCUT2D eigenvalue weighted by Crippen LogP contribution is -2.19. The molecule has 0 bridgehead atoms. The maximum Gasteiger partial charge on any atom is 0.217 e. The van der Waals surface area contributed by atoms with E-state index in [1.165, 1.54) is 13.0 Å². The third kappa shape index (κ3) is 3.47. The molecule has 0 atom stereocenters. The summed E-state index contributed by atoms with van der Waals surface area (Å²) >= 11 is 0. The van der Waals surface area contributed by atoms with Crippen molar-refractivity contribution in [3.63, 3.8) is 0 Å². The fourth-order valence-electron chi connectivity index (χ4n) is 1.24. The summed E-state index contributed by atoms with van der Waals surface area (Å²) < 4.78 is 13.6. The Labute approximate surface area is 93.6 Å². The van der Waals surface area contributed by atoms with E-state index in [1.54, 1.807) is 24.3 Å². The highest BCUT2D eigenvalue weighted by Crippen LogP contribution is 2.14. The highest BCUT2D eigenvalue weighted by molar-refractivity contribution is 5.73. The van der Waals surface area contributed by atoms with Gasteiger partial charge in [0.25, 0.3) is 0 Å². The van der Waals surface area contributed by atoms with E-state index in [4.69, 9.17) is 5.11 Å². The lowest BCUT2D eigenvalue weighted by atomic mass is 10.1. The van der Waals surface area contributed by atoms with Crippen molar-refractivity contribution in [2.24, 2.45) is 0 Å². The minimum Gasteiger partial charge on any atom is -0.392 e. The lowest BCUT2D eigenvalue weighted by molar-refractivity contribution is -0.118. The van der Waals surface area contributed by atoms with Crippen molar-refractivity contribution in [3.8, 4) is 0 Å². The maximum atomic E-state index is 13.6. The highest BCUT2D eigenvalue weighted by atomic mass is 19.1. The molecule has 86 valence electrons. The van der Waals surface area contributed by atoms with Crippen molar-refractivity contribution < 1.29 is 14.3 Å². The Bertz CT molecular complexity index is 402. The zero-order valence-corrected chi connectivity index (χ0v) is 9.03. The lowest BCUT2D eigenvalue weighted by Gasteiger charge is -2.02. The zero-order valence-electron chi connectivity index (χ0n) is 9.03. The number of aliphatic hydroxyl groups excluding tert-OH is 1. The van der Waals surface area contributed by atoms with E-state index >= 15 is 0 Å². The summed E-state index contributed by atoms with van der Waals surface area (Å²) in [4.78, 5) is 10.6. The molecule has 0 aliphatic rings. The van der Waals surface area contributed by atoms with Crippen LogP contribution >= 0.6 is 0 Å². The van der Waals surface area contributed by atoms with Crippen LogP contribution < -0.4 is 5.32 Å². The summed E-state index contributed by atoms with van der Waals surface area (Å²) in [6.07, 6.45) is 3.23. The Kier molecular flexibility index (Phi) is 4.66. The third-order valence-corrected chi connectivity index (χ3v) is 2.05. The van der Waals surface area contributed by atoms with E-state index in [0.717, 1.165) is 0 Å². The second-order valence-corrected chi connectivity index (χ2v) is 3.32. The molecule has 0 saturated heterocycles. The first kappa shape index (κ1) is 12.4. The first-order chi connectivity index (χ1) is 7.65. The predicted molar refractivity (Wildman–Crippen MR) is 60.0 cm³/mol. The van der Waals surface area contributed by atoms with Gasteiger partial charge in [-0.1, -0.05) is 30.4 Å². The molecule has 1 amide bonds. The van der Waals surface area contributed by atoms with Crippen molar-refractivity contribution in [1.82, 2.24) is 5.32 Å². The summed E-state index contributed by atoms with van der Waals surface area (Å²) in [5.41, 5.74) is 0.665. The number of benzene rings is 1. The Morgan fingerprint density at radius 1 is 1.56 bits per heavy atom. The summed E-state index contributed by atoms with van der Waals surface area (Å²) in [7, 11) is 0. The van der Waals surface area contributed by atoms with Crippen molar-refractivity contribution >= 4 is 12.0 Å². The summed E-state index contributed by atoms with van der Waals surface area (Å²) in [5, 5.41) is 11.4. The second kappa shape index (κ2) is 6.02. The van der Waals surface area contributed by atoms with Crippen LogP contribution in [-0.4, -0.2) is 17.6 Å². The number of carbonyl (C=O) groups excluding carboxylic acids is 1. The van der Waals surface area contributed by atoms with Crippen LogP contribution in [-0.2, 0) is 11.4 Å². The molecule has 0 radical (unpaired) electrons. The number of nitrogens with one attached hydrogen (secondary N) is 1. The predicted octanol–water partition coefficient (Wildman–Crippen LogP) is 1.47. The molecule has 0 fully saturated rings. The molecule has 0 aliphatic heterocycles. The molecule has 16 heavy (non-hydrogen) atoms. The normalized spacial score (nSPS) is 10.7. The van der Waals surface area contributed by atoms with Gasteiger partial charge < -0.3 is 10.4 Å². The van der Waals surface area contributed by atoms with Gasteiger partial charge in [0.1, 0.15) is 5.82 Å². The summed E-state index contributed by atoms with van der Waals surface area (Å²) in [6.45, 7) is 1.46. The Hall–Kier alpha value is -1.68. The Balaban J connectivity index is 2.70. The van der Waals surface area contributed by atoms with Gasteiger partial charge in [0.2, 0.25) is 5.91 Å². The molecule has 0 heterocycles. The molecule has 1 rings (SSSR count). The van der Waals surface area contributed by atoms with Gasteiger partial charge in [0.05, 0.1) is 6.61 Å². The fraction of sp³-hybridized carbons (Fsp3) is 0.250. The van der Waals surface area contributed by atoms with Gasteiger partial charge in [-0.15, -0.1) is 0 Å². The summed E-state index contributed by atoms with van der Waals surface area (Å²) in [5.74, 6) is -0.557. The second-order valence-electron chi connectivity index (χ2n) is 3.32. The van der Waals surface area contributed by atoms with Crippen LogP contribution in [0.1, 0.15) is 18.1 Å². The Morgan fingerprint density at radius 2 is 2.31 bits per heavy atom. The molecule has 0 aliphatic carbocycles. The fourth-order valence-corrected chi connectivity index (χ4v) is 1.24. The van der Waals surface area contributed by atoms with E-state index < -0.39 is 5.82 Å². The largest absolute Gasteiger partial charge is 0.392 e. The molecular formula is C12H14FNO2. The molecular weight excluding hydrogens is 209 g/mol. The van der Waals surface area contributed by atoms with Gasteiger partial charge in [0, 0.05) is 24.6 Å². The van der Waals surface area contributed by atoms with Crippen LogP contribution in [0.3, 0.4) is 0 Å². The smallest absolute Gasteiger partial charge is 0.217 e. The highest BCUT2D eigenvalue weighted by Gasteiger charge is 2.03. The van der Waals surface area contributed by atoms with Crippen LogP contribution in [0.25, 0.3) is 6.08 Å². The standard InChI is InChI=1S/C12H14FNO2/c1-9(16)14-7-3-6-10-4-2-5-11(8-15)12(10)13/h2-6,15H,7-8H2,1H3,(H,14,16). The number of rotatable bonds is 4. The number of halogens is 1. The van der Waals surface area contributed by atoms with E-state index in [9.17, 15) is 9.18 Å². The monoisotopic (exact) mass is 223 g/mol. The van der Waals surface area contributed by atoms with Crippen LogP contribution in [0.15, 0.2) is 24.3 Å². The maximum absolute atomic E-state index is 13.6. The van der Waals surface area contributed by atoms with Gasteiger partial charge in [-0.2, -0.15) is 0 Å². The molecule has 3 nitrogen and oxygen atoms in total. The molecule has 2 N–H and O–H groups in total. The van der Waals surface area contributed by atoms with Gasteiger partial charge >= 0.3 is 0 Å². The van der Waals surface area contributed by atoms with E-state index in [2.05, 4.69) is 5.32 Å². The molecule has 0 aromatic heterocycles. The average Bonchev–Trinajstić information content (AvgIpc) is 2.26. The van der Waals surface area contributed by atoms with Crippen LogP contribution in [0, 0.1) is 5.82 Å². The van der Waals surface area contributed by atoms with Crippen molar-refractivity contribution in [3.05, 3.63) is 41.2 Å². The average molecular weight is 223 g/mol. The number of hydrogen-bond donors (Lipinski definition) is 2. The third-order valence-electron chi connectivity index (χ3n) is 2.05. The topological polar surface area (TPSA) is 49.3 Å². The SMILES string of the molecule is CC(=O)NCC=Cc1cccc(CO)c1F. The van der Waals surface area contributed by atoms with Crippen molar-refractivity contribution in [2.45, 2.75) is 13.5 Å². The first-order valence-corrected chi connectivity index (χ1v) is 4.94. The van der Waals surface area contributed by atoms with Crippen molar-refractivity contribution in [1.29, 1.82) is 0 Å². The van der Waals surface area contributed by atoms with Crippen LogP contribution in [0.2, 0.25) is 0 Å². The number of aliphatic hydroxyl groups is 1. The van der Waals surface area contributed by atoms with Gasteiger partial charge in [-0.25, -0.2) is 4.39 Å². The molecule has 1 aromatic carbocycles.